The van der Waals surface area contributed by atoms with Gasteiger partial charge in [0.2, 0.25) is 5.91 Å². The number of urea groups is 1. The maximum atomic E-state index is 12.1. The number of amides is 3. The standard InChI is InChI=1S/C15H20N4O2S.ClH/c20-14(9-12-10-22-7-5-16-12)18-11-2-1-3-13(8-11)19-6-4-17-15(19)21;/h1-3,8,12,16H,4-7,9-10H2,(H,17,21)(H,18,20);1H. The van der Waals surface area contributed by atoms with E-state index >= 15 is 0 Å². The molecule has 1 aromatic rings. The fraction of sp³-hybridized carbons (Fsp3) is 0.467. The molecule has 2 heterocycles. The summed E-state index contributed by atoms with van der Waals surface area (Å²) in [5.41, 5.74) is 1.53. The third-order valence-electron chi connectivity index (χ3n) is 3.73. The van der Waals surface area contributed by atoms with Crippen molar-refractivity contribution in [1.82, 2.24) is 10.6 Å². The van der Waals surface area contributed by atoms with Crippen molar-refractivity contribution in [2.45, 2.75) is 12.5 Å². The number of carbonyl (C=O) groups is 2. The first kappa shape index (κ1) is 17.9. The summed E-state index contributed by atoms with van der Waals surface area (Å²) in [6.07, 6.45) is 0.474. The molecular formula is C15H21ClN4O2S. The van der Waals surface area contributed by atoms with E-state index in [1.54, 1.807) is 4.90 Å². The number of thioether (sulfide) groups is 1. The largest absolute Gasteiger partial charge is 0.336 e. The van der Waals surface area contributed by atoms with Gasteiger partial charge in [-0.2, -0.15) is 11.8 Å². The Morgan fingerprint density at radius 2 is 2.26 bits per heavy atom. The Hall–Kier alpha value is -1.44. The molecule has 0 aliphatic carbocycles. The van der Waals surface area contributed by atoms with Crippen molar-refractivity contribution >= 4 is 47.5 Å². The lowest BCUT2D eigenvalue weighted by atomic mass is 10.2. The third kappa shape index (κ3) is 4.76. The Kier molecular flexibility index (Phi) is 6.56. The lowest BCUT2D eigenvalue weighted by Gasteiger charge is -2.22. The molecular weight excluding hydrogens is 336 g/mol. The second-order valence-corrected chi connectivity index (χ2v) is 6.56. The van der Waals surface area contributed by atoms with E-state index in [-0.39, 0.29) is 30.4 Å². The summed E-state index contributed by atoms with van der Waals surface area (Å²) in [4.78, 5) is 25.5. The van der Waals surface area contributed by atoms with Gasteiger partial charge in [0.05, 0.1) is 0 Å². The van der Waals surface area contributed by atoms with Gasteiger partial charge in [-0.1, -0.05) is 6.07 Å². The second kappa shape index (κ2) is 8.42. The molecule has 1 atom stereocenters. The van der Waals surface area contributed by atoms with Crippen molar-refractivity contribution in [3.05, 3.63) is 24.3 Å². The van der Waals surface area contributed by atoms with Crippen molar-refractivity contribution in [3.63, 3.8) is 0 Å². The summed E-state index contributed by atoms with van der Waals surface area (Å²) < 4.78 is 0. The summed E-state index contributed by atoms with van der Waals surface area (Å²) in [5.74, 6) is 2.09. The average molecular weight is 357 g/mol. The van der Waals surface area contributed by atoms with Crippen LogP contribution in [-0.2, 0) is 4.79 Å². The summed E-state index contributed by atoms with van der Waals surface area (Å²) >= 11 is 1.88. The van der Waals surface area contributed by atoms with Crippen LogP contribution in [0.1, 0.15) is 6.42 Å². The number of anilines is 2. The molecule has 0 radical (unpaired) electrons. The minimum atomic E-state index is -0.0908. The highest BCUT2D eigenvalue weighted by molar-refractivity contribution is 7.99. The van der Waals surface area contributed by atoms with E-state index < -0.39 is 0 Å². The van der Waals surface area contributed by atoms with Crippen LogP contribution in [0.25, 0.3) is 0 Å². The normalized spacial score (nSPS) is 20.6. The number of rotatable bonds is 4. The zero-order valence-corrected chi connectivity index (χ0v) is 14.3. The van der Waals surface area contributed by atoms with Crippen molar-refractivity contribution < 1.29 is 9.59 Å². The molecule has 3 amide bonds. The molecule has 0 saturated carbocycles. The second-order valence-electron chi connectivity index (χ2n) is 5.41. The van der Waals surface area contributed by atoms with Crippen LogP contribution in [0.5, 0.6) is 0 Å². The lowest BCUT2D eigenvalue weighted by Crippen LogP contribution is -2.39. The van der Waals surface area contributed by atoms with Crippen LogP contribution in [0, 0.1) is 0 Å². The monoisotopic (exact) mass is 356 g/mol. The number of nitrogens with one attached hydrogen (secondary N) is 3. The molecule has 2 saturated heterocycles. The van der Waals surface area contributed by atoms with E-state index in [0.717, 1.165) is 29.4 Å². The van der Waals surface area contributed by atoms with Crippen LogP contribution < -0.4 is 20.9 Å². The lowest BCUT2D eigenvalue weighted by molar-refractivity contribution is -0.116. The smallest absolute Gasteiger partial charge is 0.321 e. The Bertz CT molecular complexity index is 566. The Morgan fingerprint density at radius 3 is 2.96 bits per heavy atom. The topological polar surface area (TPSA) is 73.5 Å². The predicted octanol–water partition coefficient (Wildman–Crippen LogP) is 1.67. The van der Waals surface area contributed by atoms with Crippen LogP contribution >= 0.6 is 24.2 Å². The van der Waals surface area contributed by atoms with Gasteiger partial charge in [-0.25, -0.2) is 4.79 Å². The molecule has 6 nitrogen and oxygen atoms in total. The highest BCUT2D eigenvalue weighted by atomic mass is 35.5. The van der Waals surface area contributed by atoms with E-state index in [9.17, 15) is 9.59 Å². The van der Waals surface area contributed by atoms with Crippen LogP contribution in [0.15, 0.2) is 24.3 Å². The molecule has 3 N–H and O–H groups in total. The highest BCUT2D eigenvalue weighted by Crippen LogP contribution is 2.21. The minimum absolute atomic E-state index is 0. The van der Waals surface area contributed by atoms with E-state index in [1.165, 1.54) is 0 Å². The third-order valence-corrected chi connectivity index (χ3v) is 4.86. The summed E-state index contributed by atoms with van der Waals surface area (Å²) in [6.45, 7) is 2.27. The van der Waals surface area contributed by atoms with Crippen LogP contribution in [0.4, 0.5) is 16.2 Å². The van der Waals surface area contributed by atoms with E-state index in [1.807, 2.05) is 36.0 Å². The molecule has 1 unspecified atom stereocenters. The van der Waals surface area contributed by atoms with Crippen LogP contribution in [0.3, 0.4) is 0 Å². The molecule has 23 heavy (non-hydrogen) atoms. The highest BCUT2D eigenvalue weighted by Gasteiger charge is 2.21. The van der Waals surface area contributed by atoms with Gasteiger partial charge >= 0.3 is 6.03 Å². The first-order chi connectivity index (χ1) is 10.7. The molecule has 2 aliphatic heterocycles. The van der Waals surface area contributed by atoms with Gasteiger partial charge in [0.25, 0.3) is 0 Å². The Balaban J connectivity index is 0.00000192. The van der Waals surface area contributed by atoms with Gasteiger partial charge in [0.1, 0.15) is 0 Å². The Morgan fingerprint density at radius 1 is 1.39 bits per heavy atom. The number of hydrogen-bond donors (Lipinski definition) is 3. The number of nitrogens with zero attached hydrogens (tertiary/aromatic N) is 1. The Labute approximate surface area is 146 Å². The number of hydrogen-bond acceptors (Lipinski definition) is 4. The molecule has 0 aromatic heterocycles. The maximum Gasteiger partial charge on any atom is 0.321 e. The average Bonchev–Trinajstić information content (AvgIpc) is 2.94. The molecule has 3 rings (SSSR count). The fourth-order valence-corrected chi connectivity index (χ4v) is 3.61. The molecule has 1 aromatic carbocycles. The van der Waals surface area contributed by atoms with Gasteiger partial charge in [0, 0.05) is 55.0 Å². The first-order valence-electron chi connectivity index (χ1n) is 7.49. The number of halogens is 1. The number of benzene rings is 1. The number of carbonyl (C=O) groups excluding carboxylic acids is 2. The molecule has 0 bridgehead atoms. The van der Waals surface area contributed by atoms with Crippen molar-refractivity contribution in [3.8, 4) is 0 Å². The van der Waals surface area contributed by atoms with Gasteiger partial charge < -0.3 is 16.0 Å². The SMILES string of the molecule is Cl.O=C(CC1CSCCN1)Nc1cccc(N2CCNC2=O)c1. The van der Waals surface area contributed by atoms with Crippen LogP contribution in [-0.4, -0.2) is 49.1 Å². The zero-order chi connectivity index (χ0) is 15.4. The van der Waals surface area contributed by atoms with E-state index in [0.29, 0.717) is 19.5 Å². The molecule has 2 fully saturated rings. The van der Waals surface area contributed by atoms with E-state index in [4.69, 9.17) is 0 Å². The fourth-order valence-electron chi connectivity index (χ4n) is 2.66. The quantitative estimate of drug-likeness (QED) is 0.767. The summed E-state index contributed by atoms with van der Waals surface area (Å²) in [6, 6.07) is 7.56. The molecule has 126 valence electrons. The van der Waals surface area contributed by atoms with Gasteiger partial charge in [0.15, 0.2) is 0 Å². The summed E-state index contributed by atoms with van der Waals surface area (Å²) in [7, 11) is 0. The molecule has 2 aliphatic rings. The minimum Gasteiger partial charge on any atom is -0.336 e. The predicted molar refractivity (Wildman–Crippen MR) is 96.8 cm³/mol. The van der Waals surface area contributed by atoms with Crippen LogP contribution in [0.2, 0.25) is 0 Å². The van der Waals surface area contributed by atoms with Gasteiger partial charge in [-0.05, 0) is 18.2 Å². The molecule has 8 heteroatoms. The van der Waals surface area contributed by atoms with Gasteiger partial charge in [-0.15, -0.1) is 12.4 Å². The van der Waals surface area contributed by atoms with Crippen molar-refractivity contribution in [2.24, 2.45) is 0 Å². The first-order valence-corrected chi connectivity index (χ1v) is 8.64. The molecule has 0 spiro atoms. The van der Waals surface area contributed by atoms with E-state index in [2.05, 4.69) is 16.0 Å². The maximum absolute atomic E-state index is 12.1. The van der Waals surface area contributed by atoms with Crippen molar-refractivity contribution in [2.75, 3.05) is 41.4 Å². The zero-order valence-electron chi connectivity index (χ0n) is 12.7. The van der Waals surface area contributed by atoms with Crippen molar-refractivity contribution in [1.29, 1.82) is 0 Å². The summed E-state index contributed by atoms with van der Waals surface area (Å²) in [5, 5.41) is 9.05. The van der Waals surface area contributed by atoms with Gasteiger partial charge in [-0.3, -0.25) is 9.69 Å².